The Hall–Kier alpha value is -1.94. The maximum absolute atomic E-state index is 13.3. The third kappa shape index (κ3) is 2.51. The first kappa shape index (κ1) is 14.0. The van der Waals surface area contributed by atoms with Crippen LogP contribution in [0.3, 0.4) is 0 Å². The van der Waals surface area contributed by atoms with Crippen molar-refractivity contribution in [3.05, 3.63) is 58.6 Å². The molecule has 4 heteroatoms. The van der Waals surface area contributed by atoms with Crippen molar-refractivity contribution in [1.82, 2.24) is 9.55 Å². The molecule has 0 atom stereocenters. The van der Waals surface area contributed by atoms with E-state index < -0.39 is 0 Å². The minimum atomic E-state index is -0.269. The number of hydrogen-bond acceptors (Lipinski definition) is 1. The number of hydrogen-bond donors (Lipinski definition) is 1. The van der Waals surface area contributed by atoms with Gasteiger partial charge in [-0.25, -0.2) is 4.39 Å². The lowest BCUT2D eigenvalue weighted by Gasteiger charge is -2.19. The zero-order valence-electron chi connectivity index (χ0n) is 12.3. The largest absolute Gasteiger partial charge is 0.330 e. The monoisotopic (exact) mass is 300 g/mol. The van der Waals surface area contributed by atoms with Crippen LogP contribution in [-0.2, 0) is 5.41 Å². The van der Waals surface area contributed by atoms with Gasteiger partial charge in [0.1, 0.15) is 5.82 Å². The maximum atomic E-state index is 13.3. The van der Waals surface area contributed by atoms with E-state index in [4.69, 9.17) is 12.2 Å². The molecule has 0 spiro atoms. The Kier molecular flexibility index (Phi) is 3.21. The molecule has 0 aliphatic rings. The van der Waals surface area contributed by atoms with Gasteiger partial charge in [-0.05, 0) is 53.5 Å². The first-order valence-electron chi connectivity index (χ1n) is 6.87. The van der Waals surface area contributed by atoms with Crippen LogP contribution in [0, 0.1) is 10.6 Å². The second-order valence-electron chi connectivity index (χ2n) is 6.22. The normalized spacial score (nSPS) is 12.0. The number of nitrogens with one attached hydrogen (secondary N) is 1. The van der Waals surface area contributed by atoms with Crippen LogP contribution in [0.2, 0.25) is 0 Å². The number of rotatable bonds is 1. The smallest absolute Gasteiger partial charge is 0.182 e. The van der Waals surface area contributed by atoms with Crippen molar-refractivity contribution in [3.8, 4) is 5.69 Å². The van der Waals surface area contributed by atoms with E-state index in [1.54, 1.807) is 6.07 Å². The van der Waals surface area contributed by atoms with E-state index in [2.05, 4.69) is 37.9 Å². The highest BCUT2D eigenvalue weighted by Crippen LogP contribution is 2.25. The lowest BCUT2D eigenvalue weighted by atomic mass is 9.87. The molecule has 0 aliphatic heterocycles. The summed E-state index contributed by atoms with van der Waals surface area (Å²) in [6, 6.07) is 13.0. The molecule has 0 bridgehead atoms. The Morgan fingerprint density at radius 2 is 1.71 bits per heavy atom. The van der Waals surface area contributed by atoms with Crippen molar-refractivity contribution in [2.75, 3.05) is 0 Å². The molecule has 2 aromatic carbocycles. The van der Waals surface area contributed by atoms with Crippen LogP contribution in [-0.4, -0.2) is 9.55 Å². The summed E-state index contributed by atoms with van der Waals surface area (Å²) < 4.78 is 15.8. The molecule has 1 N–H and O–H groups in total. The SMILES string of the molecule is CC(C)(C)c1ccc(-n2c(=S)[nH]c3cc(F)ccc32)cc1. The number of imidazole rings is 1. The second kappa shape index (κ2) is 4.81. The number of aromatic nitrogens is 2. The number of H-pyrrole nitrogens is 1. The third-order valence-electron chi connectivity index (χ3n) is 3.64. The van der Waals surface area contributed by atoms with Crippen LogP contribution in [0.1, 0.15) is 26.3 Å². The fourth-order valence-corrected chi connectivity index (χ4v) is 2.76. The van der Waals surface area contributed by atoms with Crippen molar-refractivity contribution in [3.63, 3.8) is 0 Å². The molecule has 2 nitrogen and oxygen atoms in total. The lowest BCUT2D eigenvalue weighted by Crippen LogP contribution is -2.10. The van der Waals surface area contributed by atoms with E-state index in [9.17, 15) is 4.39 Å². The van der Waals surface area contributed by atoms with Crippen molar-refractivity contribution >= 4 is 23.3 Å². The minimum Gasteiger partial charge on any atom is -0.330 e. The number of aromatic amines is 1. The van der Waals surface area contributed by atoms with Crippen molar-refractivity contribution in [1.29, 1.82) is 0 Å². The highest BCUT2D eigenvalue weighted by atomic mass is 32.1. The quantitative estimate of drug-likeness (QED) is 0.618. The zero-order valence-corrected chi connectivity index (χ0v) is 13.1. The van der Waals surface area contributed by atoms with Crippen molar-refractivity contribution in [2.24, 2.45) is 0 Å². The molecule has 0 saturated carbocycles. The molecule has 0 unspecified atom stereocenters. The van der Waals surface area contributed by atoms with E-state index >= 15 is 0 Å². The van der Waals surface area contributed by atoms with Gasteiger partial charge in [-0.15, -0.1) is 0 Å². The highest BCUT2D eigenvalue weighted by molar-refractivity contribution is 7.71. The summed E-state index contributed by atoms with van der Waals surface area (Å²) in [6.45, 7) is 6.55. The first-order valence-corrected chi connectivity index (χ1v) is 7.28. The van der Waals surface area contributed by atoms with E-state index in [-0.39, 0.29) is 11.2 Å². The first-order chi connectivity index (χ1) is 9.86. The number of nitrogens with zero attached hydrogens (tertiary/aromatic N) is 1. The summed E-state index contributed by atoms with van der Waals surface area (Å²) >= 11 is 5.37. The lowest BCUT2D eigenvalue weighted by molar-refractivity contribution is 0.590. The van der Waals surface area contributed by atoms with E-state index in [0.717, 1.165) is 11.2 Å². The second-order valence-corrected chi connectivity index (χ2v) is 6.61. The van der Waals surface area contributed by atoms with Crippen molar-refractivity contribution in [2.45, 2.75) is 26.2 Å². The molecular weight excluding hydrogens is 283 g/mol. The number of fused-ring (bicyclic) bond motifs is 1. The van der Waals surface area contributed by atoms with Gasteiger partial charge in [0, 0.05) is 5.69 Å². The van der Waals surface area contributed by atoms with Crippen LogP contribution < -0.4 is 0 Å². The third-order valence-corrected chi connectivity index (χ3v) is 3.92. The fourth-order valence-electron chi connectivity index (χ4n) is 2.45. The minimum absolute atomic E-state index is 0.114. The van der Waals surface area contributed by atoms with Gasteiger partial charge in [-0.2, -0.15) is 0 Å². The number of benzene rings is 2. The van der Waals surface area contributed by atoms with Gasteiger partial charge in [0.15, 0.2) is 4.77 Å². The molecule has 21 heavy (non-hydrogen) atoms. The molecule has 1 aromatic heterocycles. The summed E-state index contributed by atoms with van der Waals surface area (Å²) in [5.74, 6) is -0.269. The van der Waals surface area contributed by atoms with Crippen LogP contribution >= 0.6 is 12.2 Å². The topological polar surface area (TPSA) is 20.7 Å². The highest BCUT2D eigenvalue weighted by Gasteiger charge is 2.14. The summed E-state index contributed by atoms with van der Waals surface area (Å²) in [5.41, 5.74) is 3.95. The Balaban J connectivity index is 2.17. The molecule has 0 amide bonds. The zero-order chi connectivity index (χ0) is 15.2. The van der Waals surface area contributed by atoms with Gasteiger partial charge < -0.3 is 4.98 Å². The van der Waals surface area contributed by atoms with Gasteiger partial charge in [0.05, 0.1) is 11.0 Å². The predicted octanol–water partition coefficient (Wildman–Crippen LogP) is 5.12. The van der Waals surface area contributed by atoms with E-state index in [1.807, 2.05) is 16.7 Å². The van der Waals surface area contributed by atoms with Gasteiger partial charge in [0.2, 0.25) is 0 Å². The van der Waals surface area contributed by atoms with Gasteiger partial charge in [-0.3, -0.25) is 4.57 Å². The predicted molar refractivity (Wildman–Crippen MR) is 87.1 cm³/mol. The molecule has 108 valence electrons. The van der Waals surface area contributed by atoms with Crippen LogP contribution in [0.15, 0.2) is 42.5 Å². The summed E-state index contributed by atoms with van der Waals surface area (Å²) in [7, 11) is 0. The van der Waals surface area contributed by atoms with Gasteiger partial charge in [-0.1, -0.05) is 32.9 Å². The Labute approximate surface area is 128 Å². The summed E-state index contributed by atoms with van der Waals surface area (Å²) in [4.78, 5) is 3.05. The van der Waals surface area contributed by atoms with Crippen LogP contribution in [0.25, 0.3) is 16.7 Å². The average Bonchev–Trinajstić information content (AvgIpc) is 2.73. The molecule has 0 saturated heterocycles. The van der Waals surface area contributed by atoms with Gasteiger partial charge >= 0.3 is 0 Å². The number of halogens is 1. The molecule has 0 aliphatic carbocycles. The fraction of sp³-hybridized carbons (Fsp3) is 0.235. The molecule has 0 radical (unpaired) electrons. The van der Waals surface area contributed by atoms with Crippen LogP contribution in [0.5, 0.6) is 0 Å². The molecule has 0 fully saturated rings. The maximum Gasteiger partial charge on any atom is 0.182 e. The molecule has 1 heterocycles. The van der Waals surface area contributed by atoms with E-state index in [0.29, 0.717) is 10.3 Å². The standard InChI is InChI=1S/C17H17FN2S/c1-17(2,3)11-4-7-13(8-5-11)20-15-9-6-12(18)10-14(15)19-16(20)21/h4-10H,1-3H3,(H,19,21). The van der Waals surface area contributed by atoms with Crippen LogP contribution in [0.4, 0.5) is 4.39 Å². The molecular formula is C17H17FN2S. The van der Waals surface area contributed by atoms with Crippen molar-refractivity contribution < 1.29 is 4.39 Å². The van der Waals surface area contributed by atoms with E-state index in [1.165, 1.54) is 17.7 Å². The van der Waals surface area contributed by atoms with Gasteiger partial charge in [0.25, 0.3) is 0 Å². The summed E-state index contributed by atoms with van der Waals surface area (Å²) in [5, 5.41) is 0. The Bertz CT molecular complexity index is 851. The molecule has 3 aromatic rings. The average molecular weight is 300 g/mol. The molecule has 3 rings (SSSR count). The summed E-state index contributed by atoms with van der Waals surface area (Å²) in [6.07, 6.45) is 0. The Morgan fingerprint density at radius 3 is 2.33 bits per heavy atom. The Morgan fingerprint density at radius 1 is 1.05 bits per heavy atom.